The molecule has 0 unspecified atom stereocenters. The van der Waals surface area contributed by atoms with Crippen LogP contribution >= 0.6 is 0 Å². The summed E-state index contributed by atoms with van der Waals surface area (Å²) in [5.41, 5.74) is 1.91. The molecule has 0 bridgehead atoms. The Labute approximate surface area is 103 Å². The van der Waals surface area contributed by atoms with Crippen LogP contribution in [0.25, 0.3) is 0 Å². The summed E-state index contributed by atoms with van der Waals surface area (Å²) in [6, 6.07) is 7.87. The Morgan fingerprint density at radius 1 is 1.35 bits per heavy atom. The molecular weight excluding hydrogens is 214 g/mol. The zero-order valence-corrected chi connectivity index (χ0v) is 10.8. The van der Waals surface area contributed by atoms with Crippen LogP contribution in [-0.4, -0.2) is 24.2 Å². The Bertz CT molecular complexity index is 386. The lowest BCUT2D eigenvalue weighted by Gasteiger charge is -2.21. The molecule has 0 spiro atoms. The highest BCUT2D eigenvalue weighted by molar-refractivity contribution is 5.78. The smallest absolute Gasteiger partial charge is 0.224 e. The minimum absolute atomic E-state index is 0.000764. The zero-order chi connectivity index (χ0) is 12.9. The quantitative estimate of drug-likeness (QED) is 0.815. The summed E-state index contributed by atoms with van der Waals surface area (Å²) >= 11 is 0. The average molecular weight is 235 g/mol. The third-order valence-corrected chi connectivity index (χ3v) is 2.80. The van der Waals surface area contributed by atoms with E-state index in [1.54, 1.807) is 0 Å². The molecule has 1 aromatic carbocycles. The van der Waals surface area contributed by atoms with E-state index in [1.165, 1.54) is 0 Å². The van der Waals surface area contributed by atoms with Gasteiger partial charge in [0.05, 0.1) is 6.42 Å². The van der Waals surface area contributed by atoms with E-state index in [1.807, 2.05) is 45.0 Å². The number of nitrogens with one attached hydrogen (secondary N) is 1. The summed E-state index contributed by atoms with van der Waals surface area (Å²) in [5, 5.41) is 11.9. The molecule has 1 rings (SSSR count). The van der Waals surface area contributed by atoms with Crippen LogP contribution in [0, 0.1) is 12.3 Å². The largest absolute Gasteiger partial charge is 0.396 e. The molecular formula is C14H21NO2. The van der Waals surface area contributed by atoms with Gasteiger partial charge in [-0.1, -0.05) is 38.1 Å². The van der Waals surface area contributed by atoms with Crippen LogP contribution in [0.2, 0.25) is 0 Å². The fourth-order valence-electron chi connectivity index (χ4n) is 1.44. The van der Waals surface area contributed by atoms with Gasteiger partial charge >= 0.3 is 0 Å². The first-order valence-corrected chi connectivity index (χ1v) is 5.87. The maximum atomic E-state index is 11.7. The number of benzene rings is 1. The molecule has 17 heavy (non-hydrogen) atoms. The van der Waals surface area contributed by atoms with Crippen LogP contribution in [0.5, 0.6) is 0 Å². The Morgan fingerprint density at radius 3 is 2.59 bits per heavy atom. The van der Waals surface area contributed by atoms with E-state index in [0.29, 0.717) is 13.0 Å². The average Bonchev–Trinajstić information content (AvgIpc) is 2.30. The number of hydrogen-bond donors (Lipinski definition) is 2. The van der Waals surface area contributed by atoms with E-state index < -0.39 is 0 Å². The highest BCUT2D eigenvalue weighted by atomic mass is 16.3. The van der Waals surface area contributed by atoms with E-state index in [-0.39, 0.29) is 17.9 Å². The van der Waals surface area contributed by atoms with Crippen molar-refractivity contribution in [3.8, 4) is 0 Å². The molecule has 0 aromatic heterocycles. The van der Waals surface area contributed by atoms with Gasteiger partial charge in [-0.25, -0.2) is 0 Å². The maximum Gasteiger partial charge on any atom is 0.224 e. The maximum absolute atomic E-state index is 11.7. The fourth-order valence-corrected chi connectivity index (χ4v) is 1.44. The molecule has 0 aliphatic carbocycles. The molecule has 0 fully saturated rings. The molecule has 0 saturated heterocycles. The number of rotatable bonds is 5. The van der Waals surface area contributed by atoms with E-state index in [2.05, 4.69) is 5.32 Å². The highest BCUT2D eigenvalue weighted by Crippen LogP contribution is 2.12. The van der Waals surface area contributed by atoms with Gasteiger partial charge < -0.3 is 10.4 Å². The number of aliphatic hydroxyl groups is 1. The second-order valence-electron chi connectivity index (χ2n) is 5.20. The molecule has 0 aliphatic heterocycles. The minimum atomic E-state index is -0.263. The number of aryl methyl sites for hydroxylation is 1. The highest BCUT2D eigenvalue weighted by Gasteiger charge is 2.17. The molecule has 0 aliphatic rings. The summed E-state index contributed by atoms with van der Waals surface area (Å²) in [7, 11) is 0. The van der Waals surface area contributed by atoms with Gasteiger partial charge in [-0.3, -0.25) is 4.79 Å². The van der Waals surface area contributed by atoms with Crippen LogP contribution < -0.4 is 5.32 Å². The Kier molecular flexibility index (Phi) is 4.70. The third-order valence-electron chi connectivity index (χ3n) is 2.80. The lowest BCUT2D eigenvalue weighted by atomic mass is 9.95. The Morgan fingerprint density at radius 2 is 2.00 bits per heavy atom. The van der Waals surface area contributed by atoms with Crippen LogP contribution in [0.3, 0.4) is 0 Å². The molecule has 3 heteroatoms. The number of amides is 1. The number of carbonyl (C=O) groups is 1. The van der Waals surface area contributed by atoms with Crippen molar-refractivity contribution in [2.45, 2.75) is 27.2 Å². The van der Waals surface area contributed by atoms with Crippen molar-refractivity contribution in [2.24, 2.45) is 5.41 Å². The molecule has 0 atom stereocenters. The van der Waals surface area contributed by atoms with Gasteiger partial charge in [-0.15, -0.1) is 0 Å². The fraction of sp³-hybridized carbons (Fsp3) is 0.500. The van der Waals surface area contributed by atoms with Crippen molar-refractivity contribution < 1.29 is 9.90 Å². The SMILES string of the molecule is Cc1ccccc1CC(=O)NCC(C)(C)CO. The molecule has 1 aromatic rings. The number of carbonyl (C=O) groups excluding carboxylic acids is 1. The van der Waals surface area contributed by atoms with Crippen molar-refractivity contribution in [1.82, 2.24) is 5.32 Å². The summed E-state index contributed by atoms with van der Waals surface area (Å²) in [4.78, 5) is 11.7. The van der Waals surface area contributed by atoms with Gasteiger partial charge in [0.1, 0.15) is 0 Å². The molecule has 0 radical (unpaired) electrons. The first kappa shape index (κ1) is 13.7. The molecule has 3 nitrogen and oxygen atoms in total. The van der Waals surface area contributed by atoms with Crippen LogP contribution in [0.15, 0.2) is 24.3 Å². The normalized spacial score (nSPS) is 11.3. The summed E-state index contributed by atoms with van der Waals surface area (Å²) < 4.78 is 0. The topological polar surface area (TPSA) is 49.3 Å². The molecule has 0 saturated carbocycles. The van der Waals surface area contributed by atoms with Crippen molar-refractivity contribution in [1.29, 1.82) is 0 Å². The predicted molar refractivity (Wildman–Crippen MR) is 68.8 cm³/mol. The van der Waals surface area contributed by atoms with Gasteiger partial charge in [0, 0.05) is 18.6 Å². The summed E-state index contributed by atoms with van der Waals surface area (Å²) in [6.07, 6.45) is 0.397. The van der Waals surface area contributed by atoms with E-state index in [4.69, 9.17) is 5.11 Å². The Balaban J connectivity index is 2.48. The van der Waals surface area contributed by atoms with Crippen LogP contribution in [-0.2, 0) is 11.2 Å². The minimum Gasteiger partial charge on any atom is -0.396 e. The van der Waals surface area contributed by atoms with Crippen molar-refractivity contribution in [3.05, 3.63) is 35.4 Å². The second kappa shape index (κ2) is 5.82. The standard InChI is InChI=1S/C14H21NO2/c1-11-6-4-5-7-12(11)8-13(17)15-9-14(2,3)10-16/h4-7,16H,8-10H2,1-3H3,(H,15,17). The van der Waals surface area contributed by atoms with Crippen molar-refractivity contribution >= 4 is 5.91 Å². The summed E-state index contributed by atoms with van der Waals surface area (Å²) in [6.45, 7) is 6.40. The van der Waals surface area contributed by atoms with E-state index in [0.717, 1.165) is 11.1 Å². The third kappa shape index (κ3) is 4.57. The Hall–Kier alpha value is -1.35. The first-order valence-electron chi connectivity index (χ1n) is 5.87. The van der Waals surface area contributed by atoms with Gasteiger partial charge in [-0.2, -0.15) is 0 Å². The van der Waals surface area contributed by atoms with Crippen LogP contribution in [0.1, 0.15) is 25.0 Å². The summed E-state index contributed by atoms with van der Waals surface area (Å²) in [5.74, 6) is 0.000764. The van der Waals surface area contributed by atoms with Gasteiger partial charge in [-0.05, 0) is 18.1 Å². The van der Waals surface area contributed by atoms with Gasteiger partial charge in [0.15, 0.2) is 0 Å². The lowest BCUT2D eigenvalue weighted by molar-refractivity contribution is -0.121. The van der Waals surface area contributed by atoms with Crippen molar-refractivity contribution in [2.75, 3.05) is 13.2 Å². The predicted octanol–water partition coefficient (Wildman–Crippen LogP) is 1.67. The van der Waals surface area contributed by atoms with Gasteiger partial charge in [0.2, 0.25) is 5.91 Å². The molecule has 0 heterocycles. The molecule has 2 N–H and O–H groups in total. The van der Waals surface area contributed by atoms with Crippen LogP contribution in [0.4, 0.5) is 0 Å². The van der Waals surface area contributed by atoms with E-state index >= 15 is 0 Å². The monoisotopic (exact) mass is 235 g/mol. The van der Waals surface area contributed by atoms with Crippen molar-refractivity contribution in [3.63, 3.8) is 0 Å². The lowest BCUT2D eigenvalue weighted by Crippen LogP contribution is -2.36. The first-order chi connectivity index (χ1) is 7.94. The molecule has 94 valence electrons. The second-order valence-corrected chi connectivity index (χ2v) is 5.20. The number of aliphatic hydroxyl groups excluding tert-OH is 1. The number of hydrogen-bond acceptors (Lipinski definition) is 2. The van der Waals surface area contributed by atoms with E-state index in [9.17, 15) is 4.79 Å². The zero-order valence-electron chi connectivity index (χ0n) is 10.8. The van der Waals surface area contributed by atoms with Gasteiger partial charge in [0.25, 0.3) is 0 Å². The molecule has 1 amide bonds.